The molecule has 3 rings (SSSR count). The fourth-order valence-corrected chi connectivity index (χ4v) is 4.22. The van der Waals surface area contributed by atoms with Crippen molar-refractivity contribution in [1.29, 1.82) is 0 Å². The summed E-state index contributed by atoms with van der Waals surface area (Å²) >= 11 is 0. The van der Waals surface area contributed by atoms with Crippen LogP contribution in [0.2, 0.25) is 0 Å². The molecule has 1 saturated carbocycles. The second kappa shape index (κ2) is 8.69. The fourth-order valence-electron chi connectivity index (χ4n) is 4.22. The number of anilines is 2. The molecule has 0 radical (unpaired) electrons. The first-order valence-electron chi connectivity index (χ1n) is 10.1. The molecule has 1 aromatic rings. The topological polar surface area (TPSA) is 78.4 Å². The maximum atomic E-state index is 11.0. The molecular weight excluding hydrogens is 328 g/mol. The van der Waals surface area contributed by atoms with Gasteiger partial charge in [0.25, 0.3) is 0 Å². The monoisotopic (exact) mass is 360 g/mol. The van der Waals surface area contributed by atoms with Crippen LogP contribution in [0.1, 0.15) is 52.4 Å². The predicted octanol–water partition coefficient (Wildman–Crippen LogP) is 3.65. The van der Waals surface area contributed by atoms with E-state index in [4.69, 9.17) is 5.11 Å². The highest BCUT2D eigenvalue weighted by atomic mass is 16.4. The van der Waals surface area contributed by atoms with Crippen LogP contribution in [0.15, 0.2) is 12.4 Å². The molecule has 6 heteroatoms. The highest BCUT2D eigenvalue weighted by Crippen LogP contribution is 2.29. The first-order valence-corrected chi connectivity index (χ1v) is 10.1. The maximum absolute atomic E-state index is 11.0. The van der Waals surface area contributed by atoms with Gasteiger partial charge in [0.1, 0.15) is 0 Å². The minimum absolute atomic E-state index is 0.145. The van der Waals surface area contributed by atoms with E-state index in [1.165, 1.54) is 12.8 Å². The lowest BCUT2D eigenvalue weighted by Crippen LogP contribution is -2.36. The number of carbonyl (C=O) groups is 1. The van der Waals surface area contributed by atoms with Crippen molar-refractivity contribution in [2.45, 2.75) is 52.4 Å². The van der Waals surface area contributed by atoms with Gasteiger partial charge in [0.15, 0.2) is 0 Å². The third kappa shape index (κ3) is 4.86. The number of hydrogen-bond acceptors (Lipinski definition) is 5. The molecule has 0 spiro atoms. The van der Waals surface area contributed by atoms with Crippen molar-refractivity contribution in [2.75, 3.05) is 29.9 Å². The molecule has 2 fully saturated rings. The Hall–Kier alpha value is -1.85. The van der Waals surface area contributed by atoms with E-state index >= 15 is 0 Å². The van der Waals surface area contributed by atoms with Crippen molar-refractivity contribution in [3.63, 3.8) is 0 Å². The number of nitrogens with one attached hydrogen (secondary N) is 1. The number of rotatable bonds is 6. The Morgan fingerprint density at radius 3 is 2.31 bits per heavy atom. The molecule has 0 atom stereocenters. The van der Waals surface area contributed by atoms with E-state index in [1.54, 1.807) is 0 Å². The molecule has 2 aliphatic rings. The first-order chi connectivity index (χ1) is 12.5. The summed E-state index contributed by atoms with van der Waals surface area (Å²) in [4.78, 5) is 22.4. The number of nitrogens with zero attached hydrogens (tertiary/aromatic N) is 3. The molecule has 1 aliphatic carbocycles. The first kappa shape index (κ1) is 18.9. The minimum Gasteiger partial charge on any atom is -0.481 e. The molecule has 2 heterocycles. The molecule has 0 bridgehead atoms. The zero-order chi connectivity index (χ0) is 18.5. The highest BCUT2D eigenvalue weighted by Gasteiger charge is 2.26. The Morgan fingerprint density at radius 1 is 1.15 bits per heavy atom. The Bertz CT molecular complexity index is 574. The van der Waals surface area contributed by atoms with E-state index in [2.05, 4.69) is 34.0 Å². The Morgan fingerprint density at radius 2 is 1.77 bits per heavy atom. The summed E-state index contributed by atoms with van der Waals surface area (Å²) in [6, 6.07) is 0. The lowest BCUT2D eigenvalue weighted by molar-refractivity contribution is -0.143. The summed E-state index contributed by atoms with van der Waals surface area (Å²) in [6.07, 6.45) is 9.74. The average Bonchev–Trinajstić information content (AvgIpc) is 2.67. The van der Waals surface area contributed by atoms with Crippen molar-refractivity contribution in [3.05, 3.63) is 12.4 Å². The predicted molar refractivity (Wildman–Crippen MR) is 103 cm³/mol. The molecule has 2 N–H and O–H groups in total. The van der Waals surface area contributed by atoms with Crippen LogP contribution in [0.5, 0.6) is 0 Å². The molecule has 0 amide bonds. The summed E-state index contributed by atoms with van der Waals surface area (Å²) < 4.78 is 0. The van der Waals surface area contributed by atoms with Crippen LogP contribution in [0.3, 0.4) is 0 Å². The van der Waals surface area contributed by atoms with Crippen LogP contribution >= 0.6 is 0 Å². The van der Waals surface area contributed by atoms with Crippen LogP contribution in [-0.4, -0.2) is 40.7 Å². The molecule has 0 unspecified atom stereocenters. The minimum atomic E-state index is -0.641. The zero-order valence-electron chi connectivity index (χ0n) is 16.0. The molecular formula is C20H32N4O2. The van der Waals surface area contributed by atoms with E-state index in [0.717, 1.165) is 68.8 Å². The van der Waals surface area contributed by atoms with Gasteiger partial charge < -0.3 is 15.3 Å². The quantitative estimate of drug-likeness (QED) is 0.806. The number of piperidine rings is 1. The summed E-state index contributed by atoms with van der Waals surface area (Å²) in [5, 5.41) is 12.5. The SMILES string of the molecule is CC(C)C1CCN(c2ncc(NCC3CCC(C(=O)O)CC3)cn2)CC1. The summed E-state index contributed by atoms with van der Waals surface area (Å²) in [5.74, 6) is 2.17. The van der Waals surface area contributed by atoms with Gasteiger partial charge in [0.05, 0.1) is 24.0 Å². The van der Waals surface area contributed by atoms with Gasteiger partial charge in [-0.1, -0.05) is 13.8 Å². The van der Waals surface area contributed by atoms with E-state index in [0.29, 0.717) is 5.92 Å². The van der Waals surface area contributed by atoms with Crippen LogP contribution in [0.4, 0.5) is 11.6 Å². The van der Waals surface area contributed by atoms with E-state index < -0.39 is 5.97 Å². The van der Waals surface area contributed by atoms with Crippen LogP contribution in [0, 0.1) is 23.7 Å². The molecule has 1 aromatic heterocycles. The third-order valence-corrected chi connectivity index (χ3v) is 6.19. The summed E-state index contributed by atoms with van der Waals surface area (Å²) in [7, 11) is 0. The van der Waals surface area contributed by atoms with E-state index in [-0.39, 0.29) is 5.92 Å². The molecule has 26 heavy (non-hydrogen) atoms. The van der Waals surface area contributed by atoms with Crippen LogP contribution in [0.25, 0.3) is 0 Å². The number of aromatic nitrogens is 2. The van der Waals surface area contributed by atoms with E-state index in [1.807, 2.05) is 12.4 Å². The fraction of sp³-hybridized carbons (Fsp3) is 0.750. The molecule has 1 aliphatic heterocycles. The standard InChI is InChI=1S/C20H32N4O2/c1-14(2)16-7-9-24(10-8-16)20-22-12-18(13-23-20)21-11-15-3-5-17(6-4-15)19(25)26/h12-17,21H,3-11H2,1-2H3,(H,25,26). The Balaban J connectivity index is 1.43. The number of hydrogen-bond donors (Lipinski definition) is 2. The molecule has 0 aromatic carbocycles. The normalized spacial score (nSPS) is 24.7. The molecule has 144 valence electrons. The smallest absolute Gasteiger partial charge is 0.306 e. The Labute approximate surface area is 156 Å². The van der Waals surface area contributed by atoms with E-state index in [9.17, 15) is 4.79 Å². The second-order valence-electron chi connectivity index (χ2n) is 8.28. The van der Waals surface area contributed by atoms with Crippen molar-refractivity contribution < 1.29 is 9.90 Å². The van der Waals surface area contributed by atoms with Crippen molar-refractivity contribution in [1.82, 2.24) is 9.97 Å². The van der Waals surface area contributed by atoms with Crippen molar-refractivity contribution >= 4 is 17.6 Å². The summed E-state index contributed by atoms with van der Waals surface area (Å²) in [6.45, 7) is 7.58. The van der Waals surface area contributed by atoms with Gasteiger partial charge in [-0.15, -0.1) is 0 Å². The summed E-state index contributed by atoms with van der Waals surface area (Å²) in [5.41, 5.74) is 0.950. The van der Waals surface area contributed by atoms with Crippen molar-refractivity contribution in [2.24, 2.45) is 23.7 Å². The molecule has 1 saturated heterocycles. The number of carboxylic acids is 1. The highest BCUT2D eigenvalue weighted by molar-refractivity contribution is 5.70. The lowest BCUT2D eigenvalue weighted by atomic mass is 9.82. The van der Waals surface area contributed by atoms with Gasteiger partial charge in [0, 0.05) is 19.6 Å². The van der Waals surface area contributed by atoms with Crippen molar-refractivity contribution in [3.8, 4) is 0 Å². The van der Waals surface area contributed by atoms with Gasteiger partial charge in [0.2, 0.25) is 5.95 Å². The Kier molecular flexibility index (Phi) is 6.33. The second-order valence-corrected chi connectivity index (χ2v) is 8.28. The van der Waals surface area contributed by atoms with Gasteiger partial charge in [-0.2, -0.15) is 0 Å². The van der Waals surface area contributed by atoms with Crippen LogP contribution < -0.4 is 10.2 Å². The van der Waals surface area contributed by atoms with Gasteiger partial charge in [-0.05, 0) is 56.3 Å². The number of carboxylic acid groups (broad SMARTS) is 1. The third-order valence-electron chi connectivity index (χ3n) is 6.19. The average molecular weight is 361 g/mol. The van der Waals surface area contributed by atoms with Gasteiger partial charge in [-0.25, -0.2) is 9.97 Å². The number of aliphatic carboxylic acids is 1. The zero-order valence-corrected chi connectivity index (χ0v) is 16.0. The van der Waals surface area contributed by atoms with Gasteiger partial charge in [-0.3, -0.25) is 4.79 Å². The largest absolute Gasteiger partial charge is 0.481 e. The molecule has 6 nitrogen and oxygen atoms in total. The maximum Gasteiger partial charge on any atom is 0.306 e. The lowest BCUT2D eigenvalue weighted by Gasteiger charge is -2.33. The van der Waals surface area contributed by atoms with Gasteiger partial charge >= 0.3 is 5.97 Å². The van der Waals surface area contributed by atoms with Crippen LogP contribution in [-0.2, 0) is 4.79 Å².